The predicted octanol–water partition coefficient (Wildman–Crippen LogP) is 3.59. The summed E-state index contributed by atoms with van der Waals surface area (Å²) in [6, 6.07) is 10.9. The summed E-state index contributed by atoms with van der Waals surface area (Å²) in [5.41, 5.74) is 1.90. The van der Waals surface area contributed by atoms with E-state index in [1.165, 1.54) is 30.5 Å². The molecule has 2 amide bonds. The van der Waals surface area contributed by atoms with Crippen LogP contribution in [0.1, 0.15) is 51.1 Å². The van der Waals surface area contributed by atoms with Gasteiger partial charge in [0.1, 0.15) is 17.3 Å². The predicted molar refractivity (Wildman–Crippen MR) is 113 cm³/mol. The SMILES string of the molecule is Cc1nc(C2CCN(C(=O)c3ccccn3)CC2)ncc1C(=O)Nc1ccc(F)cc1. The van der Waals surface area contributed by atoms with Gasteiger partial charge in [0, 0.05) is 37.1 Å². The third kappa shape index (κ3) is 4.74. The van der Waals surface area contributed by atoms with E-state index in [0.717, 1.165) is 12.8 Å². The number of piperidine rings is 1. The number of nitrogens with zero attached hydrogens (tertiary/aromatic N) is 4. The minimum atomic E-state index is -0.366. The molecule has 2 aromatic heterocycles. The highest BCUT2D eigenvalue weighted by atomic mass is 19.1. The fourth-order valence-corrected chi connectivity index (χ4v) is 3.63. The van der Waals surface area contributed by atoms with Crippen molar-refractivity contribution in [2.24, 2.45) is 0 Å². The maximum Gasteiger partial charge on any atom is 0.272 e. The lowest BCUT2D eigenvalue weighted by molar-refractivity contribution is 0.0704. The molecule has 1 aromatic carbocycles. The van der Waals surface area contributed by atoms with E-state index in [-0.39, 0.29) is 23.5 Å². The molecule has 0 aliphatic carbocycles. The normalized spacial score (nSPS) is 14.3. The maximum atomic E-state index is 13.0. The Bertz CT molecular complexity index is 1080. The Morgan fingerprint density at radius 1 is 1.06 bits per heavy atom. The minimum absolute atomic E-state index is 0.0658. The van der Waals surface area contributed by atoms with Gasteiger partial charge in [-0.2, -0.15) is 0 Å². The van der Waals surface area contributed by atoms with Crippen molar-refractivity contribution >= 4 is 17.5 Å². The van der Waals surface area contributed by atoms with Crippen molar-refractivity contribution in [1.82, 2.24) is 19.9 Å². The highest BCUT2D eigenvalue weighted by Gasteiger charge is 2.27. The molecule has 1 aliphatic heterocycles. The number of carbonyl (C=O) groups excluding carboxylic acids is 2. The molecule has 0 spiro atoms. The smallest absolute Gasteiger partial charge is 0.272 e. The van der Waals surface area contributed by atoms with Crippen LogP contribution in [0, 0.1) is 12.7 Å². The van der Waals surface area contributed by atoms with Gasteiger partial charge in [0.15, 0.2) is 0 Å². The zero-order chi connectivity index (χ0) is 21.8. The first-order valence-corrected chi connectivity index (χ1v) is 10.1. The van der Waals surface area contributed by atoms with Crippen molar-refractivity contribution in [3.8, 4) is 0 Å². The summed E-state index contributed by atoms with van der Waals surface area (Å²) >= 11 is 0. The standard InChI is InChI=1S/C23H22FN5O2/c1-15-19(22(30)28-18-7-5-17(24)6-8-18)14-26-21(27-15)16-9-12-29(13-10-16)23(31)20-4-2-3-11-25-20/h2-8,11,14,16H,9-10,12-13H2,1H3,(H,28,30). The molecule has 1 N–H and O–H groups in total. The monoisotopic (exact) mass is 419 g/mol. The Hall–Kier alpha value is -3.68. The number of anilines is 1. The average Bonchev–Trinajstić information content (AvgIpc) is 2.80. The number of aryl methyl sites for hydroxylation is 1. The number of halogens is 1. The molecule has 3 aromatic rings. The number of hydrogen-bond donors (Lipinski definition) is 1. The molecular weight excluding hydrogens is 397 g/mol. The van der Waals surface area contributed by atoms with Gasteiger partial charge in [-0.3, -0.25) is 14.6 Å². The molecule has 158 valence electrons. The van der Waals surface area contributed by atoms with Crippen LogP contribution in [0.2, 0.25) is 0 Å². The Morgan fingerprint density at radius 2 is 1.81 bits per heavy atom. The molecule has 0 radical (unpaired) electrons. The van der Waals surface area contributed by atoms with Gasteiger partial charge in [-0.1, -0.05) is 6.07 Å². The van der Waals surface area contributed by atoms with Crippen LogP contribution in [-0.2, 0) is 0 Å². The van der Waals surface area contributed by atoms with Crippen molar-refractivity contribution in [3.63, 3.8) is 0 Å². The molecule has 1 fully saturated rings. The fraction of sp³-hybridized carbons (Fsp3) is 0.261. The molecule has 4 rings (SSSR count). The molecule has 3 heterocycles. The lowest BCUT2D eigenvalue weighted by Crippen LogP contribution is -2.38. The van der Waals surface area contributed by atoms with Gasteiger partial charge >= 0.3 is 0 Å². The number of hydrogen-bond acceptors (Lipinski definition) is 5. The van der Waals surface area contributed by atoms with Crippen molar-refractivity contribution in [1.29, 1.82) is 0 Å². The van der Waals surface area contributed by atoms with Crippen LogP contribution in [0.25, 0.3) is 0 Å². The number of nitrogens with one attached hydrogen (secondary N) is 1. The van der Waals surface area contributed by atoms with Crippen LogP contribution in [-0.4, -0.2) is 44.8 Å². The van der Waals surface area contributed by atoms with E-state index < -0.39 is 0 Å². The number of aromatic nitrogens is 3. The summed E-state index contributed by atoms with van der Waals surface area (Å²) in [6.07, 6.45) is 4.64. The first-order chi connectivity index (χ1) is 15.0. The number of amides is 2. The van der Waals surface area contributed by atoms with E-state index in [4.69, 9.17) is 0 Å². The fourth-order valence-electron chi connectivity index (χ4n) is 3.63. The molecule has 1 saturated heterocycles. The van der Waals surface area contributed by atoms with E-state index in [0.29, 0.717) is 41.6 Å². The molecule has 31 heavy (non-hydrogen) atoms. The summed E-state index contributed by atoms with van der Waals surface area (Å²) in [5.74, 6) is 0.0338. The Morgan fingerprint density at radius 3 is 2.45 bits per heavy atom. The number of rotatable bonds is 4. The first kappa shape index (κ1) is 20.6. The number of benzene rings is 1. The van der Waals surface area contributed by atoms with Crippen LogP contribution >= 0.6 is 0 Å². The van der Waals surface area contributed by atoms with E-state index in [1.54, 1.807) is 36.2 Å². The summed E-state index contributed by atoms with van der Waals surface area (Å²) in [7, 11) is 0. The molecular formula is C23H22FN5O2. The van der Waals surface area contributed by atoms with Crippen LogP contribution in [0.3, 0.4) is 0 Å². The summed E-state index contributed by atoms with van der Waals surface area (Å²) in [4.78, 5) is 40.0. The van der Waals surface area contributed by atoms with Crippen LogP contribution in [0.4, 0.5) is 10.1 Å². The zero-order valence-corrected chi connectivity index (χ0v) is 17.1. The minimum Gasteiger partial charge on any atom is -0.337 e. The Kier molecular flexibility index (Phi) is 5.97. The zero-order valence-electron chi connectivity index (χ0n) is 17.1. The van der Waals surface area contributed by atoms with Crippen LogP contribution < -0.4 is 5.32 Å². The van der Waals surface area contributed by atoms with Gasteiger partial charge in [0.25, 0.3) is 11.8 Å². The summed E-state index contributed by atoms with van der Waals surface area (Å²) < 4.78 is 13.0. The van der Waals surface area contributed by atoms with Gasteiger partial charge < -0.3 is 10.2 Å². The maximum absolute atomic E-state index is 13.0. The topological polar surface area (TPSA) is 88.1 Å². The highest BCUT2D eigenvalue weighted by Crippen LogP contribution is 2.26. The number of likely N-dealkylation sites (tertiary alicyclic amines) is 1. The quantitative estimate of drug-likeness (QED) is 0.698. The van der Waals surface area contributed by atoms with E-state index in [2.05, 4.69) is 20.3 Å². The van der Waals surface area contributed by atoms with Crippen LogP contribution in [0.15, 0.2) is 54.9 Å². The molecule has 0 atom stereocenters. The third-order valence-corrected chi connectivity index (χ3v) is 5.38. The second kappa shape index (κ2) is 8.99. The van der Waals surface area contributed by atoms with Gasteiger partial charge in [-0.15, -0.1) is 0 Å². The highest BCUT2D eigenvalue weighted by molar-refractivity contribution is 6.04. The molecule has 7 nitrogen and oxygen atoms in total. The molecule has 8 heteroatoms. The third-order valence-electron chi connectivity index (χ3n) is 5.38. The second-order valence-corrected chi connectivity index (χ2v) is 7.47. The summed E-state index contributed by atoms with van der Waals surface area (Å²) in [5, 5.41) is 2.72. The van der Waals surface area contributed by atoms with Crippen molar-refractivity contribution in [2.75, 3.05) is 18.4 Å². The molecule has 0 saturated carbocycles. The van der Waals surface area contributed by atoms with Crippen molar-refractivity contribution in [2.45, 2.75) is 25.7 Å². The molecule has 0 unspecified atom stereocenters. The largest absolute Gasteiger partial charge is 0.337 e. The molecule has 1 aliphatic rings. The lowest BCUT2D eigenvalue weighted by atomic mass is 9.95. The van der Waals surface area contributed by atoms with Crippen molar-refractivity contribution < 1.29 is 14.0 Å². The second-order valence-electron chi connectivity index (χ2n) is 7.47. The molecule has 0 bridgehead atoms. The Labute approximate surface area is 179 Å². The van der Waals surface area contributed by atoms with E-state index in [1.807, 2.05) is 0 Å². The van der Waals surface area contributed by atoms with Gasteiger partial charge in [-0.25, -0.2) is 14.4 Å². The average molecular weight is 419 g/mol. The van der Waals surface area contributed by atoms with E-state index in [9.17, 15) is 14.0 Å². The number of pyridine rings is 1. The number of carbonyl (C=O) groups is 2. The summed E-state index contributed by atoms with van der Waals surface area (Å²) in [6.45, 7) is 2.98. The lowest BCUT2D eigenvalue weighted by Gasteiger charge is -2.31. The van der Waals surface area contributed by atoms with Gasteiger partial charge in [0.05, 0.1) is 11.3 Å². The Balaban J connectivity index is 1.39. The van der Waals surface area contributed by atoms with Crippen LogP contribution in [0.5, 0.6) is 0 Å². The van der Waals surface area contributed by atoms with E-state index >= 15 is 0 Å². The van der Waals surface area contributed by atoms with Gasteiger partial charge in [-0.05, 0) is 56.2 Å². The van der Waals surface area contributed by atoms with Gasteiger partial charge in [0.2, 0.25) is 0 Å². The first-order valence-electron chi connectivity index (χ1n) is 10.1. The van der Waals surface area contributed by atoms with Crippen molar-refractivity contribution in [3.05, 3.63) is 83.5 Å².